The molecule has 0 aromatic heterocycles. The van der Waals surface area contributed by atoms with Crippen molar-refractivity contribution in [2.75, 3.05) is 26.8 Å². The molecule has 2 heterocycles. The van der Waals surface area contributed by atoms with Crippen LogP contribution < -0.4 is 14.5 Å². The zero-order valence-corrected chi connectivity index (χ0v) is 16.1. The number of sulfonamides is 1. The maximum absolute atomic E-state index is 12.8. The second-order valence-electron chi connectivity index (χ2n) is 6.93. The Morgan fingerprint density at radius 2 is 1.71 bits per heavy atom. The molecule has 0 bridgehead atoms. The van der Waals surface area contributed by atoms with Crippen LogP contribution in [0.3, 0.4) is 0 Å². The molecule has 2 saturated heterocycles. The Bertz CT molecular complexity index is 990. The molecule has 1 unspecified atom stereocenters. The van der Waals surface area contributed by atoms with Crippen LogP contribution in [-0.2, 0) is 19.6 Å². The first kappa shape index (κ1) is 18.5. The Morgan fingerprint density at radius 3 is 2.36 bits per heavy atom. The summed E-state index contributed by atoms with van der Waals surface area (Å²) in [6.45, 7) is 0.476. The van der Waals surface area contributed by atoms with Crippen molar-refractivity contribution in [3.05, 3.63) is 54.6 Å². The van der Waals surface area contributed by atoms with Gasteiger partial charge in [-0.1, -0.05) is 18.2 Å². The Balaban J connectivity index is 1.48. The highest BCUT2D eigenvalue weighted by molar-refractivity contribution is 7.93. The van der Waals surface area contributed by atoms with Crippen LogP contribution in [0.4, 0.5) is 17.1 Å². The number of nitrogens with one attached hydrogen (secondary N) is 1. The minimum absolute atomic E-state index is 0.0686. The average Bonchev–Trinajstić information content (AvgIpc) is 3.25. The van der Waals surface area contributed by atoms with E-state index in [0.29, 0.717) is 42.9 Å². The number of para-hydroxylation sites is 1. The third kappa shape index (κ3) is 3.47. The summed E-state index contributed by atoms with van der Waals surface area (Å²) in [5.74, 6) is -0.159. The van der Waals surface area contributed by atoms with Gasteiger partial charge in [-0.3, -0.25) is 18.8 Å². The predicted molar refractivity (Wildman–Crippen MR) is 108 cm³/mol. The number of benzene rings is 2. The highest BCUT2D eigenvalue weighted by Crippen LogP contribution is 2.28. The number of carbonyl (C=O) groups excluding carboxylic acids is 2. The van der Waals surface area contributed by atoms with E-state index in [1.807, 2.05) is 30.3 Å². The summed E-state index contributed by atoms with van der Waals surface area (Å²) < 4.78 is 25.4. The summed E-state index contributed by atoms with van der Waals surface area (Å²) in [5, 5.41) is 2.84. The van der Waals surface area contributed by atoms with E-state index in [0.717, 1.165) is 0 Å². The van der Waals surface area contributed by atoms with Gasteiger partial charge in [0.25, 0.3) is 0 Å². The van der Waals surface area contributed by atoms with Gasteiger partial charge in [0.15, 0.2) is 0 Å². The second kappa shape index (κ2) is 7.27. The first-order chi connectivity index (χ1) is 13.5. The molecule has 1 atom stereocenters. The molecule has 0 saturated carbocycles. The van der Waals surface area contributed by atoms with E-state index in [4.69, 9.17) is 0 Å². The lowest BCUT2D eigenvalue weighted by Crippen LogP contribution is -2.41. The van der Waals surface area contributed by atoms with Crippen LogP contribution in [0.2, 0.25) is 0 Å². The largest absolute Gasteiger partial charge is 0.324 e. The maximum atomic E-state index is 12.8. The number of nitrogens with zero attached hydrogens (tertiary/aromatic N) is 2. The second-order valence-corrected chi connectivity index (χ2v) is 8.94. The van der Waals surface area contributed by atoms with E-state index in [1.54, 1.807) is 29.2 Å². The average molecular weight is 399 g/mol. The molecular weight excluding hydrogens is 378 g/mol. The Kier molecular flexibility index (Phi) is 4.80. The normalized spacial score (nSPS) is 21.1. The lowest BCUT2D eigenvalue weighted by Gasteiger charge is -2.24. The fraction of sp³-hybridized carbons (Fsp3) is 0.300. The number of amides is 2. The Hall–Kier alpha value is -2.87. The van der Waals surface area contributed by atoms with E-state index in [1.165, 1.54) is 4.31 Å². The molecule has 2 aliphatic rings. The van der Waals surface area contributed by atoms with E-state index in [-0.39, 0.29) is 17.6 Å². The summed E-state index contributed by atoms with van der Waals surface area (Å²) >= 11 is 0. The molecule has 0 aliphatic carbocycles. The molecule has 2 aliphatic heterocycles. The van der Waals surface area contributed by atoms with Crippen molar-refractivity contribution >= 4 is 38.9 Å². The first-order valence-electron chi connectivity index (χ1n) is 9.24. The van der Waals surface area contributed by atoms with Gasteiger partial charge in [-0.25, -0.2) is 8.42 Å². The first-order valence-corrected chi connectivity index (χ1v) is 10.8. The molecule has 2 amide bonds. The summed E-state index contributed by atoms with van der Waals surface area (Å²) in [6, 6.07) is 15.3. The van der Waals surface area contributed by atoms with Gasteiger partial charge in [-0.05, 0) is 49.2 Å². The van der Waals surface area contributed by atoms with Gasteiger partial charge >= 0.3 is 0 Å². The monoisotopic (exact) mass is 399 g/mol. The van der Waals surface area contributed by atoms with Crippen LogP contribution in [0.1, 0.15) is 19.3 Å². The number of carbonyl (C=O) groups is 2. The standard InChI is InChI=1S/C20H21N3O4S/c24-19-12-11-18(23(19)17-5-2-1-3-6-17)20(25)21-15-7-9-16(10-8-15)22-13-4-14-28(22,26)27/h1-3,5-10,18H,4,11-14H2,(H,21,25). The van der Waals surface area contributed by atoms with Crippen LogP contribution in [-0.4, -0.2) is 38.6 Å². The molecule has 1 N–H and O–H groups in total. The lowest BCUT2D eigenvalue weighted by molar-refractivity contribution is -0.120. The van der Waals surface area contributed by atoms with Crippen molar-refractivity contribution in [1.29, 1.82) is 0 Å². The minimum Gasteiger partial charge on any atom is -0.324 e. The molecule has 0 spiro atoms. The van der Waals surface area contributed by atoms with E-state index in [2.05, 4.69) is 5.32 Å². The van der Waals surface area contributed by atoms with Crippen molar-refractivity contribution in [2.24, 2.45) is 0 Å². The van der Waals surface area contributed by atoms with Gasteiger partial charge in [0, 0.05) is 24.3 Å². The number of hydrogen-bond donors (Lipinski definition) is 1. The molecule has 2 fully saturated rings. The molecule has 4 rings (SSSR count). The fourth-order valence-electron chi connectivity index (χ4n) is 3.71. The highest BCUT2D eigenvalue weighted by atomic mass is 32.2. The quantitative estimate of drug-likeness (QED) is 0.855. The molecule has 0 radical (unpaired) electrons. The predicted octanol–water partition coefficient (Wildman–Crippen LogP) is 2.36. The SMILES string of the molecule is O=C(Nc1ccc(N2CCCS2(=O)=O)cc1)C1CCC(=O)N1c1ccccc1. The van der Waals surface area contributed by atoms with Gasteiger partial charge in [-0.2, -0.15) is 0 Å². The van der Waals surface area contributed by atoms with Gasteiger partial charge in [0.2, 0.25) is 21.8 Å². The van der Waals surface area contributed by atoms with Crippen LogP contribution in [0.5, 0.6) is 0 Å². The van der Waals surface area contributed by atoms with Crippen molar-refractivity contribution in [1.82, 2.24) is 0 Å². The van der Waals surface area contributed by atoms with Crippen LogP contribution in [0, 0.1) is 0 Å². The van der Waals surface area contributed by atoms with E-state index in [9.17, 15) is 18.0 Å². The Labute approximate surface area is 164 Å². The van der Waals surface area contributed by atoms with Gasteiger partial charge in [-0.15, -0.1) is 0 Å². The highest BCUT2D eigenvalue weighted by Gasteiger charge is 2.37. The van der Waals surface area contributed by atoms with Crippen molar-refractivity contribution in [3.8, 4) is 0 Å². The van der Waals surface area contributed by atoms with Crippen molar-refractivity contribution < 1.29 is 18.0 Å². The molecule has 7 nitrogen and oxygen atoms in total. The summed E-state index contributed by atoms with van der Waals surface area (Å²) in [6.07, 6.45) is 1.41. The van der Waals surface area contributed by atoms with Crippen LogP contribution >= 0.6 is 0 Å². The van der Waals surface area contributed by atoms with Gasteiger partial charge in [0.1, 0.15) is 6.04 Å². The van der Waals surface area contributed by atoms with E-state index >= 15 is 0 Å². The van der Waals surface area contributed by atoms with Gasteiger partial charge < -0.3 is 5.32 Å². The topological polar surface area (TPSA) is 86.8 Å². The molecule has 28 heavy (non-hydrogen) atoms. The molecule has 146 valence electrons. The summed E-state index contributed by atoms with van der Waals surface area (Å²) in [4.78, 5) is 26.6. The zero-order chi connectivity index (χ0) is 19.7. The van der Waals surface area contributed by atoms with Crippen molar-refractivity contribution in [3.63, 3.8) is 0 Å². The van der Waals surface area contributed by atoms with Crippen LogP contribution in [0.25, 0.3) is 0 Å². The van der Waals surface area contributed by atoms with Crippen LogP contribution in [0.15, 0.2) is 54.6 Å². The maximum Gasteiger partial charge on any atom is 0.247 e. The van der Waals surface area contributed by atoms with Crippen molar-refractivity contribution in [2.45, 2.75) is 25.3 Å². The number of hydrogen-bond acceptors (Lipinski definition) is 4. The lowest BCUT2D eigenvalue weighted by atomic mass is 10.2. The molecule has 2 aromatic rings. The third-order valence-electron chi connectivity index (χ3n) is 5.07. The molecule has 8 heteroatoms. The smallest absolute Gasteiger partial charge is 0.247 e. The summed E-state index contributed by atoms with van der Waals surface area (Å²) in [5.41, 5.74) is 1.87. The minimum atomic E-state index is -3.23. The molecular formula is C20H21N3O4S. The number of rotatable bonds is 4. The summed E-state index contributed by atoms with van der Waals surface area (Å²) in [7, 11) is -3.23. The third-order valence-corrected chi connectivity index (χ3v) is 6.94. The Morgan fingerprint density at radius 1 is 1.00 bits per heavy atom. The number of anilines is 3. The van der Waals surface area contributed by atoms with Gasteiger partial charge in [0.05, 0.1) is 11.4 Å². The zero-order valence-electron chi connectivity index (χ0n) is 15.2. The molecule has 2 aromatic carbocycles. The fourth-order valence-corrected chi connectivity index (χ4v) is 5.28. The van der Waals surface area contributed by atoms with E-state index < -0.39 is 16.1 Å².